The van der Waals surface area contributed by atoms with Gasteiger partial charge in [-0.2, -0.15) is 5.10 Å². The standard InChI is InChI=1S/C24H22F3N5O3/c1-14-4-5-16(12-28-14)19-10-11-32-21(30-19)18(13-29-32)22(33)31-20(23(2,3)34)15-6-8-17(9-7-15)35-24(25,26)27/h4-13,20,34H,1-3H3,(H,31,33)/t20-/m0/s1. The van der Waals surface area contributed by atoms with Gasteiger partial charge in [0.25, 0.3) is 5.91 Å². The van der Waals surface area contributed by atoms with Gasteiger partial charge in [0.1, 0.15) is 11.3 Å². The summed E-state index contributed by atoms with van der Waals surface area (Å²) in [7, 11) is 0. The summed E-state index contributed by atoms with van der Waals surface area (Å²) in [4.78, 5) is 22.0. The molecule has 1 atom stereocenters. The van der Waals surface area contributed by atoms with Crippen LogP contribution in [0.4, 0.5) is 13.2 Å². The summed E-state index contributed by atoms with van der Waals surface area (Å²) in [6.07, 6.45) is -0.117. The fourth-order valence-electron chi connectivity index (χ4n) is 3.55. The number of halogens is 3. The summed E-state index contributed by atoms with van der Waals surface area (Å²) >= 11 is 0. The van der Waals surface area contributed by atoms with Crippen LogP contribution < -0.4 is 10.1 Å². The van der Waals surface area contributed by atoms with Crippen LogP contribution in [0, 0.1) is 6.92 Å². The van der Waals surface area contributed by atoms with Gasteiger partial charge in [0.05, 0.1) is 23.5 Å². The lowest BCUT2D eigenvalue weighted by atomic mass is 9.91. The highest BCUT2D eigenvalue weighted by atomic mass is 19.4. The number of hydrogen-bond donors (Lipinski definition) is 2. The number of amides is 1. The van der Waals surface area contributed by atoms with Gasteiger partial charge in [0.15, 0.2) is 5.65 Å². The van der Waals surface area contributed by atoms with Crippen molar-refractivity contribution in [2.75, 3.05) is 0 Å². The number of rotatable bonds is 6. The van der Waals surface area contributed by atoms with E-state index in [9.17, 15) is 23.1 Å². The number of aliphatic hydroxyl groups is 1. The summed E-state index contributed by atoms with van der Waals surface area (Å²) in [5.74, 6) is -0.971. The van der Waals surface area contributed by atoms with Crippen LogP contribution in [0.15, 0.2) is 61.1 Å². The van der Waals surface area contributed by atoms with Crippen molar-refractivity contribution in [2.24, 2.45) is 0 Å². The lowest BCUT2D eigenvalue weighted by Gasteiger charge is -2.30. The summed E-state index contributed by atoms with van der Waals surface area (Å²) in [6, 6.07) is 9.45. The SMILES string of the molecule is Cc1ccc(-c2ccn3ncc(C(=O)N[C@@H](c4ccc(OC(F)(F)F)cc4)C(C)(C)O)c3n2)cn1. The molecule has 0 bridgehead atoms. The van der Waals surface area contributed by atoms with Gasteiger partial charge in [-0.15, -0.1) is 13.2 Å². The van der Waals surface area contributed by atoms with Crippen LogP contribution in [0.5, 0.6) is 5.75 Å². The lowest BCUT2D eigenvalue weighted by Crippen LogP contribution is -2.42. The summed E-state index contributed by atoms with van der Waals surface area (Å²) in [5, 5.41) is 17.6. The third kappa shape index (κ3) is 5.57. The molecule has 3 aromatic heterocycles. The summed E-state index contributed by atoms with van der Waals surface area (Å²) in [6.45, 7) is 4.83. The average Bonchev–Trinajstić information content (AvgIpc) is 3.20. The molecule has 3 heterocycles. The number of carbonyl (C=O) groups excluding carboxylic acids is 1. The minimum atomic E-state index is -4.82. The molecule has 0 unspecified atom stereocenters. The predicted octanol–water partition coefficient (Wildman–Crippen LogP) is 4.24. The second-order valence-electron chi connectivity index (χ2n) is 8.50. The first-order valence-electron chi connectivity index (χ1n) is 10.6. The molecule has 1 aromatic carbocycles. The molecule has 4 aromatic rings. The van der Waals surface area contributed by atoms with E-state index >= 15 is 0 Å². The molecule has 0 spiro atoms. The van der Waals surface area contributed by atoms with Crippen LogP contribution in [-0.4, -0.2) is 42.6 Å². The average molecular weight is 485 g/mol. The molecule has 0 aliphatic rings. The highest BCUT2D eigenvalue weighted by Gasteiger charge is 2.33. The van der Waals surface area contributed by atoms with Crippen molar-refractivity contribution in [3.05, 3.63) is 77.9 Å². The van der Waals surface area contributed by atoms with Gasteiger partial charge < -0.3 is 15.2 Å². The van der Waals surface area contributed by atoms with Crippen molar-refractivity contribution in [1.29, 1.82) is 0 Å². The number of alkyl halides is 3. The Morgan fingerprint density at radius 1 is 1.09 bits per heavy atom. The van der Waals surface area contributed by atoms with Crippen molar-refractivity contribution in [3.8, 4) is 17.0 Å². The van der Waals surface area contributed by atoms with Gasteiger partial charge in [0.2, 0.25) is 0 Å². The number of aromatic nitrogens is 4. The first-order chi connectivity index (χ1) is 16.4. The molecule has 4 rings (SSSR count). The van der Waals surface area contributed by atoms with Gasteiger partial charge in [-0.1, -0.05) is 12.1 Å². The van der Waals surface area contributed by atoms with E-state index in [0.29, 0.717) is 16.9 Å². The Hall–Kier alpha value is -3.99. The predicted molar refractivity (Wildman–Crippen MR) is 121 cm³/mol. The number of carbonyl (C=O) groups is 1. The van der Waals surface area contributed by atoms with E-state index in [0.717, 1.165) is 23.4 Å². The molecule has 0 aliphatic heterocycles. The number of benzene rings is 1. The van der Waals surface area contributed by atoms with Gasteiger partial charge in [-0.05, 0) is 56.7 Å². The molecule has 0 radical (unpaired) electrons. The fourth-order valence-corrected chi connectivity index (χ4v) is 3.55. The highest BCUT2D eigenvalue weighted by molar-refractivity contribution is 6.00. The molecule has 0 aliphatic carbocycles. The molecular weight excluding hydrogens is 463 g/mol. The Morgan fingerprint density at radius 2 is 1.80 bits per heavy atom. The Kier molecular flexibility index (Phi) is 6.20. The minimum absolute atomic E-state index is 0.165. The fraction of sp³-hybridized carbons (Fsp3) is 0.250. The van der Waals surface area contributed by atoms with Crippen molar-refractivity contribution in [3.63, 3.8) is 0 Å². The maximum Gasteiger partial charge on any atom is 0.573 e. The third-order valence-electron chi connectivity index (χ3n) is 5.25. The first-order valence-corrected chi connectivity index (χ1v) is 10.6. The van der Waals surface area contributed by atoms with E-state index in [4.69, 9.17) is 0 Å². The molecule has 0 saturated carbocycles. The van der Waals surface area contributed by atoms with Gasteiger partial charge in [0, 0.05) is 23.7 Å². The van der Waals surface area contributed by atoms with Crippen molar-refractivity contribution < 1.29 is 27.8 Å². The number of nitrogens with zero attached hydrogens (tertiary/aromatic N) is 4. The summed E-state index contributed by atoms with van der Waals surface area (Å²) in [5.41, 5.74) is 1.62. The van der Waals surface area contributed by atoms with Crippen LogP contribution in [-0.2, 0) is 0 Å². The lowest BCUT2D eigenvalue weighted by molar-refractivity contribution is -0.274. The normalized spacial score (nSPS) is 13.0. The van der Waals surface area contributed by atoms with Gasteiger partial charge in [-0.25, -0.2) is 9.50 Å². The van der Waals surface area contributed by atoms with Crippen molar-refractivity contribution in [1.82, 2.24) is 24.9 Å². The van der Waals surface area contributed by atoms with E-state index < -0.39 is 29.7 Å². The zero-order chi connectivity index (χ0) is 25.4. The number of ether oxygens (including phenoxy) is 1. The van der Waals surface area contributed by atoms with Gasteiger partial charge in [-0.3, -0.25) is 9.78 Å². The van der Waals surface area contributed by atoms with Crippen molar-refractivity contribution >= 4 is 11.6 Å². The molecule has 35 heavy (non-hydrogen) atoms. The number of pyridine rings is 1. The molecule has 2 N–H and O–H groups in total. The zero-order valence-electron chi connectivity index (χ0n) is 19.0. The minimum Gasteiger partial charge on any atom is -0.406 e. The second kappa shape index (κ2) is 8.99. The van der Waals surface area contributed by atoms with Crippen LogP contribution in [0.1, 0.15) is 41.5 Å². The maximum absolute atomic E-state index is 13.2. The molecule has 0 saturated heterocycles. The monoisotopic (exact) mass is 485 g/mol. The third-order valence-corrected chi connectivity index (χ3v) is 5.25. The molecule has 0 fully saturated rings. The molecule has 182 valence electrons. The molecule has 1 amide bonds. The zero-order valence-corrected chi connectivity index (χ0v) is 19.0. The first kappa shape index (κ1) is 24.1. The van der Waals surface area contributed by atoms with E-state index in [1.807, 2.05) is 19.1 Å². The van der Waals surface area contributed by atoms with E-state index in [-0.39, 0.29) is 5.56 Å². The Labute approximate surface area is 198 Å². The Morgan fingerprint density at radius 3 is 2.40 bits per heavy atom. The van der Waals surface area contributed by atoms with E-state index in [1.54, 1.807) is 18.5 Å². The largest absolute Gasteiger partial charge is 0.573 e. The number of fused-ring (bicyclic) bond motifs is 1. The van der Waals surface area contributed by atoms with E-state index in [1.165, 1.54) is 36.7 Å². The number of hydrogen-bond acceptors (Lipinski definition) is 6. The number of nitrogens with one attached hydrogen (secondary N) is 1. The van der Waals surface area contributed by atoms with Crippen LogP contribution in [0.25, 0.3) is 16.9 Å². The smallest absolute Gasteiger partial charge is 0.406 e. The maximum atomic E-state index is 13.2. The van der Waals surface area contributed by atoms with Gasteiger partial charge >= 0.3 is 6.36 Å². The number of aryl methyl sites for hydroxylation is 1. The second-order valence-corrected chi connectivity index (χ2v) is 8.50. The highest BCUT2D eigenvalue weighted by Crippen LogP contribution is 2.30. The van der Waals surface area contributed by atoms with E-state index in [2.05, 4.69) is 25.1 Å². The molecular formula is C24H22F3N5O3. The molecule has 11 heteroatoms. The quantitative estimate of drug-likeness (QED) is 0.424. The summed E-state index contributed by atoms with van der Waals surface area (Å²) < 4.78 is 42.7. The van der Waals surface area contributed by atoms with Crippen molar-refractivity contribution in [2.45, 2.75) is 38.8 Å². The van der Waals surface area contributed by atoms with Crippen LogP contribution in [0.3, 0.4) is 0 Å². The Balaban J connectivity index is 1.62. The van der Waals surface area contributed by atoms with Crippen LogP contribution in [0.2, 0.25) is 0 Å². The topological polar surface area (TPSA) is 102 Å². The van der Waals surface area contributed by atoms with Crippen LogP contribution >= 0.6 is 0 Å². The molecule has 8 nitrogen and oxygen atoms in total. The Bertz CT molecular complexity index is 1340.